The summed E-state index contributed by atoms with van der Waals surface area (Å²) in [7, 11) is -3.64. The van der Waals surface area contributed by atoms with Crippen LogP contribution in [0.25, 0.3) is 10.9 Å². The number of hydrogen-bond donors (Lipinski definition) is 0. The topological polar surface area (TPSA) is 39.1 Å². The fraction of sp³-hybridized carbons (Fsp3) is 0.222. The Morgan fingerprint density at radius 3 is 2.39 bits per heavy atom. The van der Waals surface area contributed by atoms with Gasteiger partial charge in [0.15, 0.2) is 0 Å². The van der Waals surface area contributed by atoms with Gasteiger partial charge in [-0.1, -0.05) is 35.9 Å². The van der Waals surface area contributed by atoms with E-state index in [4.69, 9.17) is 11.6 Å². The van der Waals surface area contributed by atoms with Crippen LogP contribution < -0.4 is 0 Å². The molecule has 0 amide bonds. The lowest BCUT2D eigenvalue weighted by Gasteiger charge is -2.12. The van der Waals surface area contributed by atoms with Gasteiger partial charge in [-0.15, -0.1) is 11.6 Å². The number of rotatable bonds is 3. The van der Waals surface area contributed by atoms with E-state index in [0.29, 0.717) is 10.4 Å². The Kier molecular flexibility index (Phi) is 3.29. The van der Waals surface area contributed by atoms with Crippen molar-refractivity contribution in [2.45, 2.75) is 29.5 Å². The van der Waals surface area contributed by atoms with Crippen molar-refractivity contribution in [3.8, 4) is 0 Å². The minimum atomic E-state index is -3.64. The molecule has 0 unspecified atom stereocenters. The monoisotopic (exact) mass is 345 g/mol. The maximum Gasteiger partial charge on any atom is 0.268 e. The molecule has 1 fully saturated rings. The van der Waals surface area contributed by atoms with Crippen molar-refractivity contribution < 1.29 is 8.42 Å². The van der Waals surface area contributed by atoms with Gasteiger partial charge < -0.3 is 0 Å². The molecular formula is C18H16ClNO2S. The number of aryl methyl sites for hydroxylation is 1. The first kappa shape index (κ1) is 14.8. The SMILES string of the molecule is Cc1ccc(S(=O)(=O)n2c([C@H]3C[C@@H]3Cl)cc3ccccc32)cc1. The van der Waals surface area contributed by atoms with Crippen LogP contribution in [0.15, 0.2) is 59.5 Å². The van der Waals surface area contributed by atoms with Crippen LogP contribution in [-0.2, 0) is 10.0 Å². The average molecular weight is 346 g/mol. The van der Waals surface area contributed by atoms with Crippen molar-refractivity contribution in [1.82, 2.24) is 3.97 Å². The minimum absolute atomic E-state index is 0.0197. The minimum Gasteiger partial charge on any atom is -0.238 e. The number of hydrogen-bond acceptors (Lipinski definition) is 2. The van der Waals surface area contributed by atoms with Gasteiger partial charge in [0.05, 0.1) is 10.4 Å². The zero-order valence-corrected chi connectivity index (χ0v) is 14.2. The molecule has 2 aromatic carbocycles. The molecule has 1 aromatic heterocycles. The highest BCUT2D eigenvalue weighted by molar-refractivity contribution is 7.90. The first-order valence-electron chi connectivity index (χ1n) is 7.55. The van der Waals surface area contributed by atoms with Gasteiger partial charge in [0, 0.05) is 22.4 Å². The molecule has 0 bridgehead atoms. The van der Waals surface area contributed by atoms with Crippen LogP contribution in [0.4, 0.5) is 0 Å². The van der Waals surface area contributed by atoms with Crippen LogP contribution in [-0.4, -0.2) is 17.8 Å². The van der Waals surface area contributed by atoms with E-state index in [9.17, 15) is 8.42 Å². The van der Waals surface area contributed by atoms with Crippen molar-refractivity contribution in [3.63, 3.8) is 0 Å². The molecule has 0 aliphatic heterocycles. The summed E-state index contributed by atoms with van der Waals surface area (Å²) >= 11 is 6.19. The Morgan fingerprint density at radius 1 is 1.09 bits per heavy atom. The van der Waals surface area contributed by atoms with Crippen molar-refractivity contribution in [3.05, 3.63) is 65.9 Å². The Bertz CT molecular complexity index is 990. The van der Waals surface area contributed by atoms with Crippen LogP contribution in [0.1, 0.15) is 23.6 Å². The summed E-state index contributed by atoms with van der Waals surface area (Å²) in [6.07, 6.45) is 0.821. The Morgan fingerprint density at radius 2 is 1.74 bits per heavy atom. The van der Waals surface area contributed by atoms with E-state index in [2.05, 4.69) is 0 Å². The van der Waals surface area contributed by atoms with Gasteiger partial charge >= 0.3 is 0 Å². The van der Waals surface area contributed by atoms with Gasteiger partial charge in [0.25, 0.3) is 10.0 Å². The zero-order valence-electron chi connectivity index (χ0n) is 12.6. The summed E-state index contributed by atoms with van der Waals surface area (Å²) in [4.78, 5) is 0.303. The molecule has 23 heavy (non-hydrogen) atoms. The first-order valence-corrected chi connectivity index (χ1v) is 9.43. The van der Waals surface area contributed by atoms with Crippen LogP contribution in [0.2, 0.25) is 0 Å². The molecule has 1 aliphatic carbocycles. The normalized spacial score (nSPS) is 20.8. The quantitative estimate of drug-likeness (QED) is 0.664. The Balaban J connectivity index is 1.98. The molecule has 1 saturated carbocycles. The van der Waals surface area contributed by atoms with E-state index in [1.54, 1.807) is 12.1 Å². The van der Waals surface area contributed by atoms with Crippen molar-refractivity contribution in [2.75, 3.05) is 0 Å². The van der Waals surface area contributed by atoms with Gasteiger partial charge in [-0.25, -0.2) is 12.4 Å². The maximum absolute atomic E-state index is 13.2. The number of alkyl halides is 1. The van der Waals surface area contributed by atoms with Gasteiger partial charge in [0.1, 0.15) is 0 Å². The molecule has 5 heteroatoms. The van der Waals surface area contributed by atoms with Gasteiger partial charge in [0.2, 0.25) is 0 Å². The first-order chi connectivity index (χ1) is 11.0. The second-order valence-corrected chi connectivity index (χ2v) is 8.42. The highest BCUT2D eigenvalue weighted by Crippen LogP contribution is 2.47. The number of aromatic nitrogens is 1. The molecular weight excluding hydrogens is 330 g/mol. The molecule has 0 spiro atoms. The number of benzene rings is 2. The van der Waals surface area contributed by atoms with Crippen LogP contribution in [0.3, 0.4) is 0 Å². The average Bonchev–Trinajstić information content (AvgIpc) is 3.12. The summed E-state index contributed by atoms with van der Waals surface area (Å²) < 4.78 is 27.9. The number of para-hydroxylation sites is 1. The molecule has 4 rings (SSSR count). The summed E-state index contributed by atoms with van der Waals surface area (Å²) in [6.45, 7) is 1.94. The maximum atomic E-state index is 13.2. The molecule has 0 N–H and O–H groups in total. The van der Waals surface area contributed by atoms with E-state index in [1.807, 2.05) is 49.4 Å². The number of nitrogens with zero attached hydrogens (tertiary/aromatic N) is 1. The van der Waals surface area contributed by atoms with E-state index in [1.165, 1.54) is 3.97 Å². The summed E-state index contributed by atoms with van der Waals surface area (Å²) in [6, 6.07) is 16.5. The van der Waals surface area contributed by atoms with E-state index in [-0.39, 0.29) is 11.3 Å². The molecule has 1 heterocycles. The molecule has 3 nitrogen and oxygen atoms in total. The van der Waals surface area contributed by atoms with Gasteiger partial charge in [-0.05, 0) is 37.6 Å². The summed E-state index contributed by atoms with van der Waals surface area (Å²) in [5.74, 6) is 0.101. The summed E-state index contributed by atoms with van der Waals surface area (Å²) in [5, 5.41) is 0.945. The summed E-state index contributed by atoms with van der Waals surface area (Å²) in [5.41, 5.74) is 2.52. The van der Waals surface area contributed by atoms with E-state index >= 15 is 0 Å². The van der Waals surface area contributed by atoms with Crippen LogP contribution in [0.5, 0.6) is 0 Å². The van der Waals surface area contributed by atoms with E-state index < -0.39 is 10.0 Å². The molecule has 1 aliphatic rings. The molecule has 2 atom stereocenters. The zero-order chi connectivity index (χ0) is 16.2. The lowest BCUT2D eigenvalue weighted by atomic mass is 10.2. The van der Waals surface area contributed by atoms with Crippen LogP contribution in [0, 0.1) is 6.92 Å². The molecule has 3 aromatic rings. The Labute approximate surface area is 140 Å². The van der Waals surface area contributed by atoms with Gasteiger partial charge in [-0.3, -0.25) is 0 Å². The predicted molar refractivity (Wildman–Crippen MR) is 92.7 cm³/mol. The smallest absolute Gasteiger partial charge is 0.238 e. The lowest BCUT2D eigenvalue weighted by Crippen LogP contribution is -2.15. The predicted octanol–water partition coefficient (Wildman–Crippen LogP) is 4.28. The third kappa shape index (κ3) is 2.37. The van der Waals surface area contributed by atoms with Crippen molar-refractivity contribution >= 4 is 32.5 Å². The highest BCUT2D eigenvalue weighted by Gasteiger charge is 2.41. The third-order valence-electron chi connectivity index (χ3n) is 4.35. The molecule has 0 saturated heterocycles. The molecule has 0 radical (unpaired) electrons. The standard InChI is InChI=1S/C18H16ClNO2S/c1-12-6-8-14(9-7-12)23(21,22)20-17-5-3-2-4-13(17)10-18(20)15-11-16(15)19/h2-10,15-16H,11H2,1H3/t15-,16-/m0/s1. The number of fused-ring (bicyclic) bond motifs is 1. The van der Waals surface area contributed by atoms with Gasteiger partial charge in [-0.2, -0.15) is 0 Å². The number of halogens is 1. The molecule has 118 valence electrons. The third-order valence-corrected chi connectivity index (χ3v) is 6.58. The fourth-order valence-electron chi connectivity index (χ4n) is 2.96. The second-order valence-electron chi connectivity index (χ2n) is 6.07. The van der Waals surface area contributed by atoms with Crippen LogP contribution >= 0.6 is 11.6 Å². The Hall–Kier alpha value is -1.78. The second kappa shape index (κ2) is 5.11. The lowest BCUT2D eigenvalue weighted by molar-refractivity contribution is 0.587. The van der Waals surface area contributed by atoms with Crippen molar-refractivity contribution in [2.24, 2.45) is 0 Å². The van der Waals surface area contributed by atoms with Crippen molar-refractivity contribution in [1.29, 1.82) is 0 Å². The highest BCUT2D eigenvalue weighted by atomic mass is 35.5. The largest absolute Gasteiger partial charge is 0.268 e. The van der Waals surface area contributed by atoms with E-state index in [0.717, 1.165) is 23.1 Å². The fourth-order valence-corrected chi connectivity index (χ4v) is 4.87.